The van der Waals surface area contributed by atoms with E-state index in [-0.39, 0.29) is 0 Å². The second-order valence-electron chi connectivity index (χ2n) is 5.67. The summed E-state index contributed by atoms with van der Waals surface area (Å²) in [5.41, 5.74) is 23.0. The number of anilines is 6. The van der Waals surface area contributed by atoms with E-state index in [0.29, 0.717) is 5.69 Å². The second kappa shape index (κ2) is 5.52. The van der Waals surface area contributed by atoms with Gasteiger partial charge in [0, 0.05) is 0 Å². The molecule has 0 aliphatic carbocycles. The van der Waals surface area contributed by atoms with Gasteiger partial charge in [-0.2, -0.15) is 0 Å². The first-order chi connectivity index (χ1) is 11.5. The standard InChI is InChI=1S/C18H15N4O.Sn.H/c19-11-1-5-14(6-2-11)22-15-7-3-13(21)10-18(15)23-17-8-4-12(20)9-16(17)22;;/h1-8,10H,19-21H2;;. The average molecular weight is 423 g/mol. The van der Waals surface area contributed by atoms with Crippen LogP contribution < -0.4 is 30.4 Å². The quantitative estimate of drug-likeness (QED) is 0.324. The number of hydrogen-bond acceptors (Lipinski definition) is 5. The van der Waals surface area contributed by atoms with Crippen molar-refractivity contribution in [2.45, 2.75) is 0 Å². The number of fused-ring (bicyclic) bond motifs is 2. The SMILES string of the molecule is Nc1ccc(N2c3ccc(N)cc3Oc3ccc(N)[c]([SnH])c32)cc1. The first kappa shape index (κ1) is 15.0. The van der Waals surface area contributed by atoms with Crippen LogP contribution in [0.3, 0.4) is 0 Å². The fourth-order valence-electron chi connectivity index (χ4n) is 2.84. The maximum absolute atomic E-state index is 6.16. The molecule has 5 nitrogen and oxygen atoms in total. The van der Waals surface area contributed by atoms with Gasteiger partial charge in [-0.05, 0) is 0 Å². The van der Waals surface area contributed by atoms with Crippen molar-refractivity contribution in [1.29, 1.82) is 0 Å². The van der Waals surface area contributed by atoms with Crippen molar-refractivity contribution in [3.8, 4) is 11.5 Å². The molecule has 3 aromatic rings. The Morgan fingerprint density at radius 2 is 1.50 bits per heavy atom. The fourth-order valence-corrected chi connectivity index (χ4v) is 3.89. The van der Waals surface area contributed by atoms with Gasteiger partial charge in [-0.15, -0.1) is 0 Å². The number of benzene rings is 3. The molecule has 0 amide bonds. The van der Waals surface area contributed by atoms with Crippen molar-refractivity contribution in [2.24, 2.45) is 0 Å². The molecule has 0 bridgehead atoms. The van der Waals surface area contributed by atoms with E-state index in [1.54, 1.807) is 0 Å². The molecule has 1 aliphatic rings. The van der Waals surface area contributed by atoms with Crippen molar-refractivity contribution in [1.82, 2.24) is 0 Å². The molecular formula is C18H16N4OSn. The van der Waals surface area contributed by atoms with Crippen molar-refractivity contribution in [3.63, 3.8) is 0 Å². The first-order valence-electron chi connectivity index (χ1n) is 7.45. The summed E-state index contributed by atoms with van der Waals surface area (Å²) in [7, 11) is 0. The van der Waals surface area contributed by atoms with E-state index in [2.05, 4.69) is 4.90 Å². The number of ether oxygens (including phenoxy) is 1. The molecule has 6 N–H and O–H groups in total. The molecule has 0 saturated heterocycles. The third-order valence-electron chi connectivity index (χ3n) is 4.03. The van der Waals surface area contributed by atoms with E-state index in [9.17, 15) is 0 Å². The normalized spacial score (nSPS) is 12.3. The first-order valence-corrected chi connectivity index (χ1v) is 9.10. The zero-order valence-corrected chi connectivity index (χ0v) is 16.2. The Kier molecular flexibility index (Phi) is 3.45. The molecule has 1 heterocycles. The van der Waals surface area contributed by atoms with Crippen LogP contribution in [0.5, 0.6) is 11.5 Å². The number of rotatable bonds is 1. The van der Waals surface area contributed by atoms with Gasteiger partial charge in [0.25, 0.3) is 0 Å². The van der Waals surface area contributed by atoms with Gasteiger partial charge in [0.05, 0.1) is 0 Å². The molecule has 0 atom stereocenters. The molecule has 0 saturated carbocycles. The summed E-state index contributed by atoms with van der Waals surface area (Å²) < 4.78 is 7.18. The van der Waals surface area contributed by atoms with Gasteiger partial charge in [0.1, 0.15) is 0 Å². The Morgan fingerprint density at radius 3 is 2.25 bits per heavy atom. The van der Waals surface area contributed by atoms with Gasteiger partial charge in [-0.1, -0.05) is 0 Å². The zero-order valence-electron chi connectivity index (χ0n) is 12.9. The van der Waals surface area contributed by atoms with Gasteiger partial charge >= 0.3 is 153 Å². The second-order valence-corrected chi connectivity index (χ2v) is 7.32. The summed E-state index contributed by atoms with van der Waals surface area (Å²) in [6, 6.07) is 17.2. The van der Waals surface area contributed by atoms with E-state index >= 15 is 0 Å². The Morgan fingerprint density at radius 1 is 0.792 bits per heavy atom. The van der Waals surface area contributed by atoms with Crippen LogP contribution in [0.15, 0.2) is 54.6 Å². The Bertz CT molecular complexity index is 940. The summed E-state index contributed by atoms with van der Waals surface area (Å²) in [5.74, 6) is 1.51. The maximum atomic E-state index is 6.16. The van der Waals surface area contributed by atoms with Crippen molar-refractivity contribution in [3.05, 3.63) is 54.6 Å². The van der Waals surface area contributed by atoms with E-state index in [4.69, 9.17) is 21.9 Å². The van der Waals surface area contributed by atoms with Gasteiger partial charge < -0.3 is 0 Å². The third kappa shape index (κ3) is 2.32. The minimum absolute atomic E-state index is 0.662. The van der Waals surface area contributed by atoms with Crippen molar-refractivity contribution in [2.75, 3.05) is 22.1 Å². The molecule has 0 unspecified atom stereocenters. The molecule has 0 aromatic heterocycles. The van der Waals surface area contributed by atoms with Crippen LogP contribution in [0, 0.1) is 0 Å². The number of nitrogens with zero attached hydrogens (tertiary/aromatic N) is 1. The molecule has 3 aromatic carbocycles. The molecule has 118 valence electrons. The van der Waals surface area contributed by atoms with E-state index in [1.165, 1.54) is 0 Å². The number of nitrogens with two attached hydrogens (primary N) is 3. The van der Waals surface area contributed by atoms with E-state index in [1.807, 2.05) is 54.6 Å². The van der Waals surface area contributed by atoms with Crippen molar-refractivity contribution >= 4 is 60.2 Å². The van der Waals surface area contributed by atoms with E-state index < -0.39 is 0 Å². The van der Waals surface area contributed by atoms with Crippen LogP contribution in [0.25, 0.3) is 0 Å². The molecule has 1 aliphatic heterocycles. The number of nitrogen functional groups attached to an aromatic ring is 3. The topological polar surface area (TPSA) is 90.5 Å². The summed E-state index contributed by atoms with van der Waals surface area (Å²) in [6.45, 7) is 0. The third-order valence-corrected chi connectivity index (χ3v) is 5.77. The average Bonchev–Trinajstić information content (AvgIpc) is 2.57. The molecule has 6 heteroatoms. The van der Waals surface area contributed by atoms with Crippen LogP contribution in [0.1, 0.15) is 0 Å². The zero-order chi connectivity index (χ0) is 16.8. The van der Waals surface area contributed by atoms with E-state index in [0.717, 1.165) is 66.0 Å². The summed E-state index contributed by atoms with van der Waals surface area (Å²) in [5, 5.41) is 0. The predicted octanol–water partition coefficient (Wildman–Crippen LogP) is 2.53. The number of hydrogen-bond donors (Lipinski definition) is 3. The van der Waals surface area contributed by atoms with Crippen LogP contribution >= 0.6 is 0 Å². The van der Waals surface area contributed by atoms with Crippen LogP contribution in [-0.4, -0.2) is 22.5 Å². The molecule has 0 fully saturated rings. The van der Waals surface area contributed by atoms with Gasteiger partial charge in [-0.25, -0.2) is 0 Å². The minimum atomic E-state index is 0.662. The Hall–Kier alpha value is -2.54. The van der Waals surface area contributed by atoms with Crippen LogP contribution in [0.2, 0.25) is 0 Å². The van der Waals surface area contributed by atoms with Gasteiger partial charge in [0.2, 0.25) is 0 Å². The molecule has 4 rings (SSSR count). The molecule has 24 heavy (non-hydrogen) atoms. The summed E-state index contributed by atoms with van der Waals surface area (Å²) in [6.07, 6.45) is 0. The fraction of sp³-hybridized carbons (Fsp3) is 0. The molecule has 2 radical (unpaired) electrons. The molecule has 0 spiro atoms. The summed E-state index contributed by atoms with van der Waals surface area (Å²) >= 11 is 0.882. The predicted molar refractivity (Wildman–Crippen MR) is 101 cm³/mol. The Balaban J connectivity index is 2.00. The summed E-state index contributed by atoms with van der Waals surface area (Å²) in [4.78, 5) is 2.16. The molecular weight excluding hydrogens is 407 g/mol. The van der Waals surface area contributed by atoms with Crippen LogP contribution in [0.4, 0.5) is 34.1 Å². The Labute approximate surface area is 153 Å². The van der Waals surface area contributed by atoms with Gasteiger partial charge in [-0.3, -0.25) is 0 Å². The monoisotopic (exact) mass is 424 g/mol. The van der Waals surface area contributed by atoms with Crippen LogP contribution in [-0.2, 0) is 0 Å². The van der Waals surface area contributed by atoms with Crippen molar-refractivity contribution < 1.29 is 4.74 Å². The van der Waals surface area contributed by atoms with Gasteiger partial charge in [0.15, 0.2) is 0 Å².